The van der Waals surface area contributed by atoms with Crippen LogP contribution in [-0.4, -0.2) is 35.7 Å². The van der Waals surface area contributed by atoms with Crippen molar-refractivity contribution in [3.63, 3.8) is 0 Å². The molecule has 1 aliphatic rings. The Morgan fingerprint density at radius 1 is 1.38 bits per heavy atom. The summed E-state index contributed by atoms with van der Waals surface area (Å²) in [6.07, 6.45) is 1.23. The lowest BCUT2D eigenvalue weighted by Gasteiger charge is -2.34. The van der Waals surface area contributed by atoms with Crippen LogP contribution in [0.4, 0.5) is 16.2 Å². The van der Waals surface area contributed by atoms with Gasteiger partial charge < -0.3 is 15.0 Å². The van der Waals surface area contributed by atoms with Crippen molar-refractivity contribution in [2.45, 2.75) is 45.3 Å². The number of hydrogen-bond donors (Lipinski definition) is 2. The van der Waals surface area contributed by atoms with Gasteiger partial charge in [0.05, 0.1) is 11.6 Å². The Hall–Kier alpha value is -2.62. The molecule has 2 N–H and O–H groups in total. The molecule has 1 aliphatic heterocycles. The quantitative estimate of drug-likeness (QED) is 0.881. The van der Waals surface area contributed by atoms with Crippen molar-refractivity contribution in [2.75, 3.05) is 18.4 Å². The van der Waals surface area contributed by atoms with Crippen molar-refractivity contribution >= 4 is 17.5 Å². The summed E-state index contributed by atoms with van der Waals surface area (Å²) in [5.41, 5.74) is 0.950. The molecule has 1 amide bonds. The number of nitrogens with one attached hydrogen (secondary N) is 2. The van der Waals surface area contributed by atoms with E-state index in [4.69, 9.17) is 10.00 Å². The first kappa shape index (κ1) is 17.7. The van der Waals surface area contributed by atoms with Crippen LogP contribution in [0.15, 0.2) is 18.2 Å². The molecule has 1 fully saturated rings. The maximum Gasteiger partial charge on any atom is 0.410 e. The van der Waals surface area contributed by atoms with Crippen LogP contribution in [0.25, 0.3) is 0 Å². The first-order valence-electron chi connectivity index (χ1n) is 7.99. The van der Waals surface area contributed by atoms with E-state index in [1.807, 2.05) is 32.0 Å². The number of anilines is 1. The van der Waals surface area contributed by atoms with E-state index in [0.29, 0.717) is 30.0 Å². The number of amides is 1. The molecule has 0 aliphatic carbocycles. The molecule has 0 saturated carbocycles. The topological polar surface area (TPSA) is 96.4 Å². The zero-order chi connectivity index (χ0) is 17.7. The molecule has 0 unspecified atom stereocenters. The Morgan fingerprint density at radius 3 is 2.58 bits per heavy atom. The van der Waals surface area contributed by atoms with E-state index in [9.17, 15) is 9.70 Å². The number of likely N-dealkylation sites (tertiary alicyclic amines) is 1. The van der Waals surface area contributed by atoms with E-state index in [0.717, 1.165) is 12.8 Å². The van der Waals surface area contributed by atoms with Crippen LogP contribution in [0.3, 0.4) is 0 Å². The summed E-state index contributed by atoms with van der Waals surface area (Å²) in [6.45, 7) is 6.75. The molecule has 24 heavy (non-hydrogen) atoms. The fourth-order valence-electron chi connectivity index (χ4n) is 2.58. The Labute approximate surface area is 141 Å². The first-order chi connectivity index (χ1) is 11.3. The van der Waals surface area contributed by atoms with Gasteiger partial charge in [0.1, 0.15) is 11.3 Å². The van der Waals surface area contributed by atoms with E-state index in [-0.39, 0.29) is 12.1 Å². The second-order valence-corrected chi connectivity index (χ2v) is 6.86. The SMILES string of the molecule is CC(C)(C)OC(=O)N1CCC(Nc2ccc(C#N)cc2[NH+]=O)CC1. The summed E-state index contributed by atoms with van der Waals surface area (Å²) in [6, 6.07) is 7.07. The third kappa shape index (κ3) is 4.69. The molecular formula is C17H23N4O3+. The van der Waals surface area contributed by atoms with E-state index in [1.54, 1.807) is 17.0 Å². The van der Waals surface area contributed by atoms with Gasteiger partial charge in [0.2, 0.25) is 0 Å². The van der Waals surface area contributed by atoms with Crippen LogP contribution < -0.4 is 10.5 Å². The van der Waals surface area contributed by atoms with Gasteiger partial charge in [0, 0.05) is 35.3 Å². The molecule has 128 valence electrons. The van der Waals surface area contributed by atoms with Crippen LogP contribution in [0.5, 0.6) is 0 Å². The number of carbonyl (C=O) groups is 1. The number of rotatable bonds is 3. The molecule has 0 aromatic heterocycles. The third-order valence-electron chi connectivity index (χ3n) is 3.76. The number of nitrogens with zero attached hydrogens (tertiary/aromatic N) is 2. The maximum atomic E-state index is 12.1. The molecule has 0 atom stereocenters. The minimum atomic E-state index is -0.497. The predicted octanol–water partition coefficient (Wildman–Crippen LogP) is 1.85. The standard InChI is InChI=1S/C17H22N4O3/c1-17(2,3)24-16(22)21-8-6-13(7-9-21)19-14-5-4-12(11-18)10-15(14)20-23/h4-5,10,13,19H,6-9H2,1-3H3/p+1. The number of nitroso groups, excluding NO2 is 1. The summed E-state index contributed by atoms with van der Waals surface area (Å²) < 4.78 is 5.38. The lowest BCUT2D eigenvalue weighted by atomic mass is 10.0. The molecule has 0 spiro atoms. The van der Waals surface area contributed by atoms with E-state index in [2.05, 4.69) is 5.32 Å². The minimum absolute atomic E-state index is 0.156. The van der Waals surface area contributed by atoms with Crippen LogP contribution in [0.2, 0.25) is 0 Å². The van der Waals surface area contributed by atoms with Crippen molar-refractivity contribution in [2.24, 2.45) is 0 Å². The van der Waals surface area contributed by atoms with Crippen molar-refractivity contribution in [1.82, 2.24) is 4.90 Å². The summed E-state index contributed by atoms with van der Waals surface area (Å²) in [7, 11) is 0. The zero-order valence-corrected chi connectivity index (χ0v) is 14.3. The fraction of sp³-hybridized carbons (Fsp3) is 0.529. The molecule has 7 nitrogen and oxygen atoms in total. The predicted molar refractivity (Wildman–Crippen MR) is 89.6 cm³/mol. The van der Waals surface area contributed by atoms with Gasteiger partial charge in [-0.05, 0) is 45.7 Å². The van der Waals surface area contributed by atoms with Crippen molar-refractivity contribution in [3.8, 4) is 6.07 Å². The highest BCUT2D eigenvalue weighted by molar-refractivity contribution is 5.68. The molecule has 1 heterocycles. The van der Waals surface area contributed by atoms with Gasteiger partial charge in [-0.1, -0.05) is 0 Å². The van der Waals surface area contributed by atoms with Gasteiger partial charge in [-0.15, -0.1) is 0 Å². The molecule has 1 aromatic rings. The average molecular weight is 331 g/mol. The summed E-state index contributed by atoms with van der Waals surface area (Å²) in [4.78, 5) is 24.8. The van der Waals surface area contributed by atoms with Gasteiger partial charge in [-0.25, -0.2) is 4.79 Å². The first-order valence-corrected chi connectivity index (χ1v) is 7.99. The summed E-state index contributed by atoms with van der Waals surface area (Å²) in [5, 5.41) is 14.1. The lowest BCUT2D eigenvalue weighted by Crippen LogP contribution is -2.56. The maximum absolute atomic E-state index is 12.1. The van der Waals surface area contributed by atoms with E-state index >= 15 is 0 Å². The van der Waals surface area contributed by atoms with Gasteiger partial charge in [-0.3, -0.25) is 0 Å². The number of carbonyl (C=O) groups excluding carboxylic acids is 1. The van der Waals surface area contributed by atoms with Crippen LogP contribution in [0, 0.1) is 16.2 Å². The van der Waals surface area contributed by atoms with Gasteiger partial charge in [0.25, 0.3) is 5.69 Å². The number of piperidine rings is 1. The normalized spacial score (nSPS) is 15.5. The third-order valence-corrected chi connectivity index (χ3v) is 3.76. The largest absolute Gasteiger partial charge is 0.444 e. The Bertz CT molecular complexity index is 653. The van der Waals surface area contributed by atoms with Gasteiger partial charge >= 0.3 is 6.09 Å². The second kappa shape index (κ2) is 7.30. The highest BCUT2D eigenvalue weighted by Crippen LogP contribution is 2.23. The molecule has 2 rings (SSSR count). The highest BCUT2D eigenvalue weighted by atomic mass is 16.6. The number of nitriles is 1. The number of ether oxygens (including phenoxy) is 1. The van der Waals surface area contributed by atoms with Crippen molar-refractivity contribution in [1.29, 1.82) is 5.26 Å². The Kier molecular flexibility index (Phi) is 5.39. The van der Waals surface area contributed by atoms with Crippen LogP contribution >= 0.6 is 0 Å². The monoisotopic (exact) mass is 331 g/mol. The molecule has 0 bridgehead atoms. The Morgan fingerprint density at radius 2 is 2.04 bits per heavy atom. The second-order valence-electron chi connectivity index (χ2n) is 6.86. The summed E-state index contributed by atoms with van der Waals surface area (Å²) >= 11 is 0. The van der Waals surface area contributed by atoms with Gasteiger partial charge in [0.15, 0.2) is 0 Å². The molecule has 7 heteroatoms. The fourth-order valence-corrected chi connectivity index (χ4v) is 2.58. The molecule has 0 radical (unpaired) electrons. The zero-order valence-electron chi connectivity index (χ0n) is 14.3. The van der Waals surface area contributed by atoms with Crippen LogP contribution in [-0.2, 0) is 4.74 Å². The van der Waals surface area contributed by atoms with E-state index in [1.165, 1.54) is 6.07 Å². The molecular weight excluding hydrogens is 308 g/mol. The molecule has 1 saturated heterocycles. The minimum Gasteiger partial charge on any atom is -0.444 e. The number of hydrogen-bond acceptors (Lipinski definition) is 5. The van der Waals surface area contributed by atoms with Crippen LogP contribution in [0.1, 0.15) is 39.2 Å². The average Bonchev–Trinajstić information content (AvgIpc) is 2.54. The van der Waals surface area contributed by atoms with Gasteiger partial charge in [-0.2, -0.15) is 5.26 Å². The van der Waals surface area contributed by atoms with E-state index < -0.39 is 5.60 Å². The smallest absolute Gasteiger partial charge is 0.410 e. The number of benzene rings is 1. The lowest BCUT2D eigenvalue weighted by molar-refractivity contribution is -0.378. The van der Waals surface area contributed by atoms with Crippen molar-refractivity contribution < 1.29 is 14.7 Å². The highest BCUT2D eigenvalue weighted by Gasteiger charge is 2.27. The summed E-state index contributed by atoms with van der Waals surface area (Å²) in [5.74, 6) is 0. The van der Waals surface area contributed by atoms with Crippen molar-refractivity contribution in [3.05, 3.63) is 28.7 Å². The Balaban J connectivity index is 1.93. The molecule has 1 aromatic carbocycles.